The van der Waals surface area contributed by atoms with Gasteiger partial charge in [0.1, 0.15) is 0 Å². The Morgan fingerprint density at radius 1 is 0.920 bits per heavy atom. The zero-order chi connectivity index (χ0) is 17.6. The van der Waals surface area contributed by atoms with Crippen molar-refractivity contribution in [3.05, 3.63) is 101 Å². The van der Waals surface area contributed by atoms with E-state index in [1.54, 1.807) is 6.20 Å². The molecule has 0 bridgehead atoms. The molecule has 0 saturated heterocycles. The van der Waals surface area contributed by atoms with Crippen molar-refractivity contribution >= 4 is 23.1 Å². The number of carbonyl (C=O) groups excluding carboxylic acids is 1. The number of anilines is 1. The lowest BCUT2D eigenvalue weighted by atomic mass is 10.0. The molecule has 0 amide bonds. The summed E-state index contributed by atoms with van der Waals surface area (Å²) in [7, 11) is 0. The van der Waals surface area contributed by atoms with Crippen LogP contribution in [0.15, 0.2) is 85.1 Å². The molecule has 3 aromatic carbocycles. The van der Waals surface area contributed by atoms with Crippen molar-refractivity contribution in [2.75, 3.05) is 5.32 Å². The fraction of sp³-hybridized carbons (Fsp3) is 0.0455. The molecule has 0 aromatic heterocycles. The van der Waals surface area contributed by atoms with E-state index in [4.69, 9.17) is 11.6 Å². The second-order valence-corrected chi connectivity index (χ2v) is 6.18. The van der Waals surface area contributed by atoms with Gasteiger partial charge in [-0.2, -0.15) is 0 Å². The monoisotopic (exact) mass is 347 g/mol. The second kappa shape index (κ2) is 7.82. The molecule has 0 fully saturated rings. The number of hydrogen-bond acceptors (Lipinski definition) is 2. The summed E-state index contributed by atoms with van der Waals surface area (Å²) in [4.78, 5) is 12.3. The fourth-order valence-corrected chi connectivity index (χ4v) is 2.68. The van der Waals surface area contributed by atoms with Crippen LogP contribution in [0, 0.1) is 6.92 Å². The zero-order valence-electron chi connectivity index (χ0n) is 13.9. The maximum absolute atomic E-state index is 12.3. The molecule has 0 unspecified atom stereocenters. The number of rotatable bonds is 5. The summed E-state index contributed by atoms with van der Waals surface area (Å²) in [6.07, 6.45) is 3.17. The maximum Gasteiger partial charge on any atom is 0.187 e. The predicted octanol–water partition coefficient (Wildman–Crippen LogP) is 6.12. The van der Waals surface area contributed by atoms with Gasteiger partial charge >= 0.3 is 0 Å². The standard InChI is InChI=1S/C22H18ClNO/c1-16-7-12-20(23)15-21(16)24-14-13-22(25)19-10-8-18(9-11-19)17-5-3-2-4-6-17/h2-15,24H,1H3/b14-13+. The van der Waals surface area contributed by atoms with E-state index in [2.05, 4.69) is 5.32 Å². The highest BCUT2D eigenvalue weighted by atomic mass is 35.5. The smallest absolute Gasteiger partial charge is 0.187 e. The summed E-state index contributed by atoms with van der Waals surface area (Å²) in [6.45, 7) is 1.98. The first-order chi connectivity index (χ1) is 12.1. The molecule has 3 rings (SSSR count). The first kappa shape index (κ1) is 17.0. The van der Waals surface area contributed by atoms with Crippen molar-refractivity contribution in [1.29, 1.82) is 0 Å². The van der Waals surface area contributed by atoms with Gasteiger partial charge in [0.2, 0.25) is 0 Å². The highest BCUT2D eigenvalue weighted by Gasteiger charge is 2.03. The van der Waals surface area contributed by atoms with E-state index in [0.29, 0.717) is 10.6 Å². The van der Waals surface area contributed by atoms with Gasteiger partial charge in [-0.15, -0.1) is 0 Å². The average molecular weight is 348 g/mol. The lowest BCUT2D eigenvalue weighted by Crippen LogP contribution is -1.97. The molecule has 1 N–H and O–H groups in total. The van der Waals surface area contributed by atoms with E-state index in [1.807, 2.05) is 79.7 Å². The molecular weight excluding hydrogens is 330 g/mol. The van der Waals surface area contributed by atoms with Crippen LogP contribution in [0.3, 0.4) is 0 Å². The second-order valence-electron chi connectivity index (χ2n) is 5.74. The SMILES string of the molecule is Cc1ccc(Cl)cc1N/C=C/C(=O)c1ccc(-c2ccccc2)cc1. The van der Waals surface area contributed by atoms with Gasteiger partial charge in [0.15, 0.2) is 5.78 Å². The Kier molecular flexibility index (Phi) is 5.32. The van der Waals surface area contributed by atoms with Crippen molar-refractivity contribution < 1.29 is 4.79 Å². The Bertz CT molecular complexity index is 899. The minimum atomic E-state index is -0.0493. The van der Waals surface area contributed by atoms with Gasteiger partial charge in [-0.25, -0.2) is 0 Å². The van der Waals surface area contributed by atoms with Crippen molar-refractivity contribution in [1.82, 2.24) is 0 Å². The van der Waals surface area contributed by atoms with Crippen molar-refractivity contribution in [3.8, 4) is 11.1 Å². The number of hydrogen-bond donors (Lipinski definition) is 1. The number of nitrogens with one attached hydrogen (secondary N) is 1. The normalized spacial score (nSPS) is 10.8. The molecule has 0 atom stereocenters. The quantitative estimate of drug-likeness (QED) is 0.444. The highest BCUT2D eigenvalue weighted by molar-refractivity contribution is 6.30. The molecule has 25 heavy (non-hydrogen) atoms. The maximum atomic E-state index is 12.3. The number of carbonyl (C=O) groups is 1. The lowest BCUT2D eigenvalue weighted by Gasteiger charge is -2.05. The van der Waals surface area contributed by atoms with Gasteiger partial charge < -0.3 is 5.32 Å². The van der Waals surface area contributed by atoms with Crippen LogP contribution < -0.4 is 5.32 Å². The van der Waals surface area contributed by atoms with E-state index in [9.17, 15) is 4.79 Å². The largest absolute Gasteiger partial charge is 0.361 e. The Morgan fingerprint density at radius 3 is 2.32 bits per heavy atom. The zero-order valence-corrected chi connectivity index (χ0v) is 14.6. The third kappa shape index (κ3) is 4.37. The van der Waals surface area contributed by atoms with Crippen molar-refractivity contribution in [3.63, 3.8) is 0 Å². The molecular formula is C22H18ClNO. The summed E-state index contributed by atoms with van der Waals surface area (Å²) < 4.78 is 0. The van der Waals surface area contributed by atoms with E-state index >= 15 is 0 Å². The van der Waals surface area contributed by atoms with E-state index in [0.717, 1.165) is 22.4 Å². The summed E-state index contributed by atoms with van der Waals surface area (Å²) >= 11 is 5.99. The van der Waals surface area contributed by atoms with Gasteiger partial charge in [0.25, 0.3) is 0 Å². The summed E-state index contributed by atoms with van der Waals surface area (Å²) in [5.41, 5.74) is 4.83. The Balaban J connectivity index is 1.68. The predicted molar refractivity (Wildman–Crippen MR) is 105 cm³/mol. The molecule has 0 aliphatic heterocycles. The van der Waals surface area contributed by atoms with Crippen LogP contribution >= 0.6 is 11.6 Å². The highest BCUT2D eigenvalue weighted by Crippen LogP contribution is 2.21. The Labute approximate surface area is 152 Å². The first-order valence-electron chi connectivity index (χ1n) is 8.02. The minimum Gasteiger partial charge on any atom is -0.361 e. The van der Waals surface area contributed by atoms with Gasteiger partial charge in [-0.1, -0.05) is 72.3 Å². The summed E-state index contributed by atoms with van der Waals surface area (Å²) in [5, 5.41) is 3.76. The average Bonchev–Trinajstić information content (AvgIpc) is 2.65. The molecule has 0 spiro atoms. The molecule has 0 aliphatic carbocycles. The third-order valence-corrected chi connectivity index (χ3v) is 4.18. The van der Waals surface area contributed by atoms with Crippen molar-refractivity contribution in [2.45, 2.75) is 6.92 Å². The number of aryl methyl sites for hydroxylation is 1. The number of benzene rings is 3. The van der Waals surface area contributed by atoms with Crippen molar-refractivity contribution in [2.24, 2.45) is 0 Å². The molecule has 2 nitrogen and oxygen atoms in total. The van der Waals surface area contributed by atoms with Gasteiger partial charge in [0, 0.05) is 28.5 Å². The van der Waals surface area contributed by atoms with Crippen LogP contribution in [0.5, 0.6) is 0 Å². The van der Waals surface area contributed by atoms with Gasteiger partial charge in [0.05, 0.1) is 0 Å². The molecule has 0 radical (unpaired) electrons. The third-order valence-electron chi connectivity index (χ3n) is 3.95. The number of ketones is 1. The number of allylic oxidation sites excluding steroid dienone is 1. The van der Waals surface area contributed by atoms with Crippen LogP contribution in [0.4, 0.5) is 5.69 Å². The van der Waals surface area contributed by atoms with Crippen LogP contribution in [0.25, 0.3) is 11.1 Å². The molecule has 0 heterocycles. The van der Waals surface area contributed by atoms with E-state index < -0.39 is 0 Å². The molecule has 3 heteroatoms. The fourth-order valence-electron chi connectivity index (χ4n) is 2.51. The molecule has 0 aliphatic rings. The molecule has 0 saturated carbocycles. The molecule has 3 aromatic rings. The Morgan fingerprint density at radius 2 is 1.60 bits per heavy atom. The van der Waals surface area contributed by atoms with E-state index in [-0.39, 0.29) is 5.78 Å². The minimum absolute atomic E-state index is 0.0493. The summed E-state index contributed by atoms with van der Waals surface area (Å²) in [6, 6.07) is 23.3. The van der Waals surface area contributed by atoms with Gasteiger partial charge in [-0.05, 0) is 35.7 Å². The van der Waals surface area contributed by atoms with Crippen LogP contribution in [0.1, 0.15) is 15.9 Å². The van der Waals surface area contributed by atoms with E-state index in [1.165, 1.54) is 6.08 Å². The van der Waals surface area contributed by atoms with Crippen LogP contribution in [-0.4, -0.2) is 5.78 Å². The number of halogens is 1. The van der Waals surface area contributed by atoms with Crippen LogP contribution in [-0.2, 0) is 0 Å². The topological polar surface area (TPSA) is 29.1 Å². The first-order valence-corrected chi connectivity index (χ1v) is 8.40. The van der Waals surface area contributed by atoms with Gasteiger partial charge in [-0.3, -0.25) is 4.79 Å². The molecule has 124 valence electrons. The lowest BCUT2D eigenvalue weighted by molar-refractivity contribution is 0.104. The Hall–Kier alpha value is -2.84. The van der Waals surface area contributed by atoms with Crippen LogP contribution in [0.2, 0.25) is 5.02 Å². The summed E-state index contributed by atoms with van der Waals surface area (Å²) in [5.74, 6) is -0.0493.